The number of aryl methyl sites for hydroxylation is 1. The maximum Gasteiger partial charge on any atom is 0.290 e. The summed E-state index contributed by atoms with van der Waals surface area (Å²) in [5.74, 6) is -4.37. The molecule has 2 aromatic heterocycles. The van der Waals surface area contributed by atoms with Gasteiger partial charge in [-0.25, -0.2) is 9.37 Å². The largest absolute Gasteiger partial charge is 0.469 e. The molecule has 0 aliphatic carbocycles. The number of rotatable bonds is 6. The smallest absolute Gasteiger partial charge is 0.290 e. The standard InChI is InChI=1S/C19H14F3N3O3S/c1-10-12(6-8-28-10)16(26)25-15-9-11(4-5-14(15)20)24-17(27)13-3-2-7-23-18(13)29-19(21)22/h2-9,19H,1H3,(H,24,27)(H,25,26). The number of thioether (sulfide) groups is 1. The van der Waals surface area contributed by atoms with Crippen molar-refractivity contribution in [1.29, 1.82) is 0 Å². The summed E-state index contributed by atoms with van der Waals surface area (Å²) in [6.07, 6.45) is 2.63. The maximum absolute atomic E-state index is 14.1. The van der Waals surface area contributed by atoms with Gasteiger partial charge in [0.25, 0.3) is 17.6 Å². The highest BCUT2D eigenvalue weighted by Crippen LogP contribution is 2.27. The molecule has 0 aliphatic heterocycles. The number of hydrogen-bond donors (Lipinski definition) is 2. The van der Waals surface area contributed by atoms with E-state index in [1.807, 2.05) is 0 Å². The number of hydrogen-bond acceptors (Lipinski definition) is 5. The van der Waals surface area contributed by atoms with Gasteiger partial charge >= 0.3 is 0 Å². The molecule has 2 N–H and O–H groups in total. The zero-order valence-corrected chi connectivity index (χ0v) is 15.7. The van der Waals surface area contributed by atoms with Gasteiger partial charge in [-0.05, 0) is 55.1 Å². The molecule has 0 fully saturated rings. The number of carbonyl (C=O) groups excluding carboxylic acids is 2. The van der Waals surface area contributed by atoms with Crippen molar-refractivity contribution in [3.8, 4) is 0 Å². The number of furan rings is 1. The maximum atomic E-state index is 14.1. The first-order valence-corrected chi connectivity index (χ1v) is 9.09. The van der Waals surface area contributed by atoms with E-state index in [4.69, 9.17) is 4.42 Å². The van der Waals surface area contributed by atoms with Crippen LogP contribution in [0.25, 0.3) is 0 Å². The fraction of sp³-hybridized carbons (Fsp3) is 0.105. The molecular weight excluding hydrogens is 407 g/mol. The lowest BCUT2D eigenvalue weighted by molar-refractivity contribution is 0.101. The van der Waals surface area contributed by atoms with Gasteiger partial charge in [0.15, 0.2) is 0 Å². The van der Waals surface area contributed by atoms with Crippen LogP contribution in [0.5, 0.6) is 0 Å². The Hall–Kier alpha value is -3.27. The molecule has 3 aromatic rings. The number of alkyl halides is 2. The van der Waals surface area contributed by atoms with Crippen LogP contribution in [-0.2, 0) is 0 Å². The third-order valence-electron chi connectivity index (χ3n) is 3.79. The molecule has 0 saturated heterocycles. The quantitative estimate of drug-likeness (QED) is 0.551. The molecule has 29 heavy (non-hydrogen) atoms. The number of halogens is 3. The second-order valence-electron chi connectivity index (χ2n) is 5.73. The summed E-state index contributed by atoms with van der Waals surface area (Å²) in [4.78, 5) is 28.5. The second kappa shape index (κ2) is 8.82. The summed E-state index contributed by atoms with van der Waals surface area (Å²) in [6, 6.07) is 7.79. The van der Waals surface area contributed by atoms with Crippen LogP contribution in [0.1, 0.15) is 26.5 Å². The fourth-order valence-electron chi connectivity index (χ4n) is 2.45. The van der Waals surface area contributed by atoms with Crippen LogP contribution >= 0.6 is 11.8 Å². The number of amides is 2. The lowest BCUT2D eigenvalue weighted by Gasteiger charge is -2.11. The monoisotopic (exact) mass is 421 g/mol. The van der Waals surface area contributed by atoms with Crippen molar-refractivity contribution < 1.29 is 27.2 Å². The van der Waals surface area contributed by atoms with E-state index in [0.717, 1.165) is 6.07 Å². The summed E-state index contributed by atoms with van der Waals surface area (Å²) in [6.45, 7) is 1.59. The van der Waals surface area contributed by atoms with Crippen molar-refractivity contribution in [1.82, 2.24) is 4.98 Å². The molecule has 2 heterocycles. The van der Waals surface area contributed by atoms with E-state index in [9.17, 15) is 22.8 Å². The average Bonchev–Trinajstić information content (AvgIpc) is 3.10. The SMILES string of the molecule is Cc1occc1C(=O)Nc1cc(NC(=O)c2cccnc2SC(F)F)ccc1F. The van der Waals surface area contributed by atoms with Crippen LogP contribution in [0, 0.1) is 12.7 Å². The van der Waals surface area contributed by atoms with Crippen molar-refractivity contribution in [2.24, 2.45) is 0 Å². The van der Waals surface area contributed by atoms with Crippen LogP contribution in [-0.4, -0.2) is 22.6 Å². The van der Waals surface area contributed by atoms with Gasteiger partial charge in [0.05, 0.1) is 23.1 Å². The number of benzene rings is 1. The Balaban J connectivity index is 1.79. The second-order valence-corrected chi connectivity index (χ2v) is 6.71. The summed E-state index contributed by atoms with van der Waals surface area (Å²) in [7, 11) is 0. The number of pyridine rings is 1. The first-order valence-electron chi connectivity index (χ1n) is 8.21. The highest BCUT2D eigenvalue weighted by molar-refractivity contribution is 7.99. The molecule has 0 atom stereocenters. The van der Waals surface area contributed by atoms with Gasteiger partial charge in [-0.2, -0.15) is 8.78 Å². The Kier molecular flexibility index (Phi) is 6.23. The third-order valence-corrected chi connectivity index (χ3v) is 4.52. The summed E-state index contributed by atoms with van der Waals surface area (Å²) in [5, 5.41) is 4.76. The van der Waals surface area contributed by atoms with Gasteiger partial charge in [0.1, 0.15) is 16.6 Å². The Labute approximate surface area is 167 Å². The molecule has 0 spiro atoms. The van der Waals surface area contributed by atoms with E-state index in [1.165, 1.54) is 42.8 Å². The van der Waals surface area contributed by atoms with Crippen LogP contribution in [0.4, 0.5) is 24.5 Å². The molecule has 1 aromatic carbocycles. The normalized spacial score (nSPS) is 10.8. The lowest BCUT2D eigenvalue weighted by atomic mass is 10.2. The molecule has 0 bridgehead atoms. The predicted molar refractivity (Wildman–Crippen MR) is 102 cm³/mol. The van der Waals surface area contributed by atoms with Crippen molar-refractivity contribution in [2.75, 3.05) is 10.6 Å². The van der Waals surface area contributed by atoms with Crippen molar-refractivity contribution >= 4 is 35.0 Å². The number of aromatic nitrogens is 1. The van der Waals surface area contributed by atoms with Crippen molar-refractivity contribution in [3.63, 3.8) is 0 Å². The Morgan fingerprint density at radius 2 is 1.86 bits per heavy atom. The third kappa shape index (κ3) is 4.96. The van der Waals surface area contributed by atoms with E-state index >= 15 is 0 Å². The Morgan fingerprint density at radius 1 is 1.10 bits per heavy atom. The van der Waals surface area contributed by atoms with Crippen LogP contribution in [0.15, 0.2) is 58.3 Å². The van der Waals surface area contributed by atoms with Gasteiger partial charge in [0, 0.05) is 11.9 Å². The molecule has 150 valence electrons. The average molecular weight is 421 g/mol. The lowest BCUT2D eigenvalue weighted by Crippen LogP contribution is -2.16. The van der Waals surface area contributed by atoms with Crippen LogP contribution in [0.3, 0.4) is 0 Å². The molecule has 6 nitrogen and oxygen atoms in total. The van der Waals surface area contributed by atoms with Gasteiger partial charge < -0.3 is 15.1 Å². The predicted octanol–water partition coefficient (Wildman–Crippen LogP) is 4.94. The first kappa shape index (κ1) is 20.5. The molecule has 10 heteroatoms. The van der Waals surface area contributed by atoms with E-state index in [1.54, 1.807) is 6.92 Å². The minimum atomic E-state index is -2.74. The molecule has 0 radical (unpaired) electrons. The molecular formula is C19H14F3N3O3S. The van der Waals surface area contributed by atoms with E-state index in [2.05, 4.69) is 15.6 Å². The zero-order valence-electron chi connectivity index (χ0n) is 14.9. The minimum absolute atomic E-state index is 0.0540. The number of nitrogens with zero attached hydrogens (tertiary/aromatic N) is 1. The summed E-state index contributed by atoms with van der Waals surface area (Å²) >= 11 is 0.147. The molecule has 0 aliphatic rings. The number of carbonyl (C=O) groups is 2. The highest BCUT2D eigenvalue weighted by Gasteiger charge is 2.18. The number of nitrogens with one attached hydrogen (secondary N) is 2. The molecule has 3 rings (SSSR count). The van der Waals surface area contributed by atoms with Crippen LogP contribution < -0.4 is 10.6 Å². The minimum Gasteiger partial charge on any atom is -0.469 e. The van der Waals surface area contributed by atoms with Gasteiger partial charge in [-0.1, -0.05) is 0 Å². The molecule has 0 saturated carbocycles. The van der Waals surface area contributed by atoms with E-state index in [0.29, 0.717) is 5.76 Å². The Bertz CT molecular complexity index is 1060. The first-order chi connectivity index (χ1) is 13.8. The Morgan fingerprint density at radius 3 is 2.55 bits per heavy atom. The summed E-state index contributed by atoms with van der Waals surface area (Å²) in [5.41, 5.74) is 0.179. The van der Waals surface area contributed by atoms with Crippen molar-refractivity contribution in [3.05, 3.63) is 71.6 Å². The molecule has 0 unspecified atom stereocenters. The van der Waals surface area contributed by atoms with Gasteiger partial charge in [-0.3, -0.25) is 9.59 Å². The highest BCUT2D eigenvalue weighted by atomic mass is 32.2. The fourth-order valence-corrected chi connectivity index (χ4v) is 3.03. The summed E-state index contributed by atoms with van der Waals surface area (Å²) < 4.78 is 44.5. The van der Waals surface area contributed by atoms with Crippen LogP contribution in [0.2, 0.25) is 0 Å². The van der Waals surface area contributed by atoms with E-state index in [-0.39, 0.29) is 39.3 Å². The van der Waals surface area contributed by atoms with E-state index < -0.39 is 23.4 Å². The van der Waals surface area contributed by atoms with Gasteiger partial charge in [-0.15, -0.1) is 0 Å². The zero-order chi connectivity index (χ0) is 21.0. The molecule has 2 amide bonds. The van der Waals surface area contributed by atoms with Gasteiger partial charge in [0.2, 0.25) is 0 Å². The van der Waals surface area contributed by atoms with Crippen molar-refractivity contribution in [2.45, 2.75) is 17.7 Å². The topological polar surface area (TPSA) is 84.2 Å². The number of anilines is 2.